The predicted molar refractivity (Wildman–Crippen MR) is 119 cm³/mol. The lowest BCUT2D eigenvalue weighted by Gasteiger charge is -2.28. The van der Waals surface area contributed by atoms with Gasteiger partial charge in [-0.25, -0.2) is 0 Å². The second-order valence-corrected chi connectivity index (χ2v) is 10.0. The molecule has 3 heterocycles. The maximum atomic E-state index is 12.7. The van der Waals surface area contributed by atoms with E-state index in [4.69, 9.17) is 4.74 Å². The summed E-state index contributed by atoms with van der Waals surface area (Å²) in [6, 6.07) is 11.5. The Hall–Kier alpha value is -1.97. The van der Waals surface area contributed by atoms with Crippen LogP contribution in [0.25, 0.3) is 11.3 Å². The van der Waals surface area contributed by atoms with E-state index in [1.165, 1.54) is 18.3 Å². The van der Waals surface area contributed by atoms with Crippen molar-refractivity contribution in [1.82, 2.24) is 15.2 Å². The van der Waals surface area contributed by atoms with Crippen molar-refractivity contribution < 1.29 is 9.53 Å². The number of para-hydroxylation sites is 1. The average molecular weight is 491 g/mol. The number of unbranched alkanes of at least 4 members (excludes halogenated alkanes) is 1. The fourth-order valence-electron chi connectivity index (χ4n) is 3.07. The van der Waals surface area contributed by atoms with Gasteiger partial charge in [0.1, 0.15) is 0 Å². The maximum Gasteiger partial charge on any atom is 0.247 e. The molecule has 0 fully saturated rings. The number of carbonyl (C=O) groups excluding carboxylic acids is 1. The van der Waals surface area contributed by atoms with Crippen LogP contribution < -0.4 is 9.64 Å². The van der Waals surface area contributed by atoms with Crippen molar-refractivity contribution >= 4 is 50.6 Å². The molecule has 1 aliphatic heterocycles. The predicted octanol–water partition coefficient (Wildman–Crippen LogP) is 5.70. The second kappa shape index (κ2) is 8.81. The molecule has 3 aromatic rings. The van der Waals surface area contributed by atoms with E-state index in [1.807, 2.05) is 36.4 Å². The summed E-state index contributed by atoms with van der Waals surface area (Å²) in [6.45, 7) is 3.69. The highest BCUT2D eigenvalue weighted by molar-refractivity contribution is 9.11. The third-order valence-corrected chi connectivity index (χ3v) is 7.00. The van der Waals surface area contributed by atoms with Crippen LogP contribution in [-0.4, -0.2) is 26.8 Å². The van der Waals surface area contributed by atoms with Gasteiger partial charge in [0.25, 0.3) is 0 Å². The van der Waals surface area contributed by atoms with Crippen LogP contribution in [-0.2, 0) is 4.79 Å². The number of thioether (sulfide) groups is 1. The number of amides is 1. The molecule has 1 atom stereocenters. The van der Waals surface area contributed by atoms with E-state index >= 15 is 0 Å². The minimum atomic E-state index is -0.628. The van der Waals surface area contributed by atoms with Crippen molar-refractivity contribution in [3.63, 3.8) is 0 Å². The summed E-state index contributed by atoms with van der Waals surface area (Å²) < 4.78 is 7.29. The molecule has 2 aromatic heterocycles. The van der Waals surface area contributed by atoms with E-state index in [9.17, 15) is 4.79 Å². The molecule has 6 nitrogen and oxygen atoms in total. The number of benzene rings is 1. The number of ether oxygens (including phenoxy) is 1. The van der Waals surface area contributed by atoms with Crippen LogP contribution in [0.1, 0.15) is 37.8 Å². The summed E-state index contributed by atoms with van der Waals surface area (Å²) in [6.07, 6.45) is 1.56. The minimum Gasteiger partial charge on any atom is -0.446 e. The van der Waals surface area contributed by atoms with E-state index in [2.05, 4.69) is 38.0 Å². The van der Waals surface area contributed by atoms with Crippen LogP contribution in [0.3, 0.4) is 0 Å². The minimum absolute atomic E-state index is 0.120. The van der Waals surface area contributed by atoms with Crippen LogP contribution in [0.2, 0.25) is 0 Å². The highest BCUT2D eigenvalue weighted by Crippen LogP contribution is 2.44. The third kappa shape index (κ3) is 4.17. The number of carbonyl (C=O) groups is 1. The van der Waals surface area contributed by atoms with Crippen molar-refractivity contribution in [2.75, 3.05) is 10.7 Å². The average Bonchev–Trinajstić information content (AvgIpc) is 3.08. The standard InChI is InChI=1S/C20H19BrN4O2S2/c1-3-4-11-28-20-22-18-17(23-24-20)13-7-5-6-8-14(13)25(12(2)26)19(27-18)15-9-10-16(21)29-15/h5-10,19H,3-4,11H2,1-2H3/t19-/m0/s1. The number of hydrogen-bond acceptors (Lipinski definition) is 7. The van der Waals surface area contributed by atoms with Crippen LogP contribution in [0, 0.1) is 0 Å². The zero-order chi connectivity index (χ0) is 20.4. The maximum absolute atomic E-state index is 12.7. The number of hydrogen-bond donors (Lipinski definition) is 0. The molecule has 1 aromatic carbocycles. The topological polar surface area (TPSA) is 68.2 Å². The van der Waals surface area contributed by atoms with Crippen molar-refractivity contribution in [3.05, 3.63) is 45.1 Å². The normalized spacial score (nSPS) is 15.3. The van der Waals surface area contributed by atoms with Crippen LogP contribution in [0.4, 0.5) is 5.69 Å². The van der Waals surface area contributed by atoms with Gasteiger partial charge in [-0.3, -0.25) is 9.69 Å². The van der Waals surface area contributed by atoms with E-state index < -0.39 is 6.23 Å². The van der Waals surface area contributed by atoms with Gasteiger partial charge >= 0.3 is 0 Å². The Labute approximate surface area is 185 Å². The van der Waals surface area contributed by atoms with Gasteiger partial charge in [0.15, 0.2) is 5.69 Å². The molecule has 0 radical (unpaired) electrons. The quantitative estimate of drug-likeness (QED) is 0.337. The summed E-state index contributed by atoms with van der Waals surface area (Å²) in [5.74, 6) is 1.20. The van der Waals surface area contributed by atoms with Crippen molar-refractivity contribution in [1.29, 1.82) is 0 Å². The highest BCUT2D eigenvalue weighted by atomic mass is 79.9. The molecule has 0 unspecified atom stereocenters. The monoisotopic (exact) mass is 490 g/mol. The SMILES string of the molecule is CCCCSc1nnc2c(n1)O[C@@H](c1ccc(Br)s1)N(C(C)=O)c1ccccc1-2. The number of thiophene rings is 1. The van der Waals surface area contributed by atoms with Crippen LogP contribution in [0.5, 0.6) is 5.88 Å². The van der Waals surface area contributed by atoms with Gasteiger partial charge in [0, 0.05) is 18.2 Å². The van der Waals surface area contributed by atoms with Crippen LogP contribution in [0.15, 0.2) is 45.3 Å². The Morgan fingerprint density at radius 1 is 1.28 bits per heavy atom. The Balaban J connectivity index is 1.84. The number of aromatic nitrogens is 3. The molecule has 0 N–H and O–H groups in total. The first-order valence-electron chi connectivity index (χ1n) is 9.27. The fourth-order valence-corrected chi connectivity index (χ4v) is 5.37. The van der Waals surface area contributed by atoms with E-state index in [0.717, 1.165) is 38.5 Å². The summed E-state index contributed by atoms with van der Waals surface area (Å²) in [4.78, 5) is 19.9. The van der Waals surface area contributed by atoms with Gasteiger partial charge in [0.05, 0.1) is 14.4 Å². The molecule has 1 aliphatic rings. The van der Waals surface area contributed by atoms with Crippen LogP contribution >= 0.6 is 39.0 Å². The molecule has 9 heteroatoms. The molecular formula is C20H19BrN4O2S2. The Bertz CT molecular complexity index is 1040. The molecule has 4 rings (SSSR count). The first-order chi connectivity index (χ1) is 14.1. The van der Waals surface area contributed by atoms with Gasteiger partial charge in [-0.2, -0.15) is 4.98 Å². The van der Waals surface area contributed by atoms with Gasteiger partial charge in [-0.05, 0) is 40.5 Å². The smallest absolute Gasteiger partial charge is 0.247 e. The van der Waals surface area contributed by atoms with Gasteiger partial charge in [0.2, 0.25) is 23.2 Å². The van der Waals surface area contributed by atoms with E-state index in [1.54, 1.807) is 16.7 Å². The Kier molecular flexibility index (Phi) is 6.17. The number of halogens is 1. The van der Waals surface area contributed by atoms with Gasteiger partial charge < -0.3 is 4.74 Å². The first kappa shape index (κ1) is 20.3. The number of nitrogens with zero attached hydrogens (tertiary/aromatic N) is 4. The largest absolute Gasteiger partial charge is 0.446 e. The number of fused-ring (bicyclic) bond motifs is 3. The molecule has 29 heavy (non-hydrogen) atoms. The lowest BCUT2D eigenvalue weighted by molar-refractivity contribution is -0.118. The van der Waals surface area contributed by atoms with Gasteiger partial charge in [-0.15, -0.1) is 21.5 Å². The fraction of sp³-hybridized carbons (Fsp3) is 0.300. The summed E-state index contributed by atoms with van der Waals surface area (Å²) in [5.41, 5.74) is 2.06. The van der Waals surface area contributed by atoms with E-state index in [0.29, 0.717) is 16.7 Å². The molecule has 0 saturated heterocycles. The molecule has 1 amide bonds. The molecule has 0 saturated carbocycles. The van der Waals surface area contributed by atoms with Crippen molar-refractivity contribution in [2.24, 2.45) is 0 Å². The Morgan fingerprint density at radius 3 is 2.83 bits per heavy atom. The molecule has 0 spiro atoms. The molecular weight excluding hydrogens is 472 g/mol. The first-order valence-corrected chi connectivity index (χ1v) is 11.9. The lowest BCUT2D eigenvalue weighted by Crippen LogP contribution is -2.35. The highest BCUT2D eigenvalue weighted by Gasteiger charge is 2.35. The molecule has 150 valence electrons. The number of rotatable bonds is 5. The molecule has 0 aliphatic carbocycles. The molecule has 0 bridgehead atoms. The lowest BCUT2D eigenvalue weighted by atomic mass is 10.1. The van der Waals surface area contributed by atoms with Gasteiger partial charge in [-0.1, -0.05) is 43.3 Å². The number of anilines is 1. The zero-order valence-electron chi connectivity index (χ0n) is 16.0. The summed E-state index contributed by atoms with van der Waals surface area (Å²) in [5, 5.41) is 9.29. The van der Waals surface area contributed by atoms with E-state index in [-0.39, 0.29) is 5.91 Å². The summed E-state index contributed by atoms with van der Waals surface area (Å²) >= 11 is 6.59. The second-order valence-electron chi connectivity index (χ2n) is 6.47. The Morgan fingerprint density at radius 2 is 2.10 bits per heavy atom. The third-order valence-electron chi connectivity index (χ3n) is 4.42. The summed E-state index contributed by atoms with van der Waals surface area (Å²) in [7, 11) is 0. The van der Waals surface area contributed by atoms with Crippen molar-refractivity contribution in [2.45, 2.75) is 38.1 Å². The zero-order valence-corrected chi connectivity index (χ0v) is 19.2. The van der Waals surface area contributed by atoms with Crippen molar-refractivity contribution in [3.8, 4) is 17.1 Å².